The zero-order valence-corrected chi connectivity index (χ0v) is 7.74. The molecule has 4 heteroatoms. The van der Waals surface area contributed by atoms with E-state index >= 15 is 0 Å². The van der Waals surface area contributed by atoms with Gasteiger partial charge in [0.25, 0.3) is 0 Å². The SMILES string of the molecule is CC1(C)OB(O)c2cccc(N)c21. The fourth-order valence-corrected chi connectivity index (χ4v) is 1.89. The molecule has 0 aliphatic carbocycles. The summed E-state index contributed by atoms with van der Waals surface area (Å²) in [5.41, 5.74) is 7.70. The maximum atomic E-state index is 9.56. The van der Waals surface area contributed by atoms with Gasteiger partial charge in [0.15, 0.2) is 0 Å². The molecule has 0 fully saturated rings. The summed E-state index contributed by atoms with van der Waals surface area (Å²) < 4.78 is 5.38. The van der Waals surface area contributed by atoms with Crippen molar-refractivity contribution in [2.45, 2.75) is 19.4 Å². The molecule has 1 aliphatic rings. The van der Waals surface area contributed by atoms with Crippen molar-refractivity contribution in [1.82, 2.24) is 0 Å². The molecule has 1 aromatic carbocycles. The second kappa shape index (κ2) is 2.50. The van der Waals surface area contributed by atoms with Crippen LogP contribution in [0.25, 0.3) is 0 Å². The third-order valence-corrected chi connectivity index (χ3v) is 2.40. The second-order valence-electron chi connectivity index (χ2n) is 3.79. The Kier molecular flexibility index (Phi) is 1.65. The van der Waals surface area contributed by atoms with Crippen LogP contribution < -0.4 is 11.2 Å². The molecule has 3 N–H and O–H groups in total. The van der Waals surface area contributed by atoms with Crippen LogP contribution >= 0.6 is 0 Å². The Balaban J connectivity index is 2.66. The van der Waals surface area contributed by atoms with Crippen LogP contribution in [0.2, 0.25) is 0 Å². The fraction of sp³-hybridized carbons (Fsp3) is 0.333. The van der Waals surface area contributed by atoms with Crippen LogP contribution in [0.3, 0.4) is 0 Å². The Morgan fingerprint density at radius 3 is 2.77 bits per heavy atom. The van der Waals surface area contributed by atoms with Crippen molar-refractivity contribution < 1.29 is 9.68 Å². The van der Waals surface area contributed by atoms with Crippen molar-refractivity contribution in [3.63, 3.8) is 0 Å². The summed E-state index contributed by atoms with van der Waals surface area (Å²) >= 11 is 0. The first-order valence-corrected chi connectivity index (χ1v) is 4.27. The van der Waals surface area contributed by atoms with E-state index < -0.39 is 12.7 Å². The smallest absolute Gasteiger partial charge is 0.423 e. The van der Waals surface area contributed by atoms with Crippen LogP contribution in [-0.4, -0.2) is 12.1 Å². The summed E-state index contributed by atoms with van der Waals surface area (Å²) in [6, 6.07) is 5.48. The van der Waals surface area contributed by atoms with Gasteiger partial charge in [-0.15, -0.1) is 0 Å². The van der Waals surface area contributed by atoms with E-state index in [1.807, 2.05) is 32.0 Å². The fourth-order valence-electron chi connectivity index (χ4n) is 1.89. The van der Waals surface area contributed by atoms with Gasteiger partial charge in [-0.05, 0) is 25.4 Å². The molecule has 0 saturated heterocycles. The van der Waals surface area contributed by atoms with Crippen molar-refractivity contribution >= 4 is 18.3 Å². The highest BCUT2D eigenvalue weighted by Crippen LogP contribution is 2.33. The Morgan fingerprint density at radius 2 is 2.15 bits per heavy atom. The van der Waals surface area contributed by atoms with E-state index in [-0.39, 0.29) is 0 Å². The Morgan fingerprint density at radius 1 is 1.46 bits per heavy atom. The molecule has 0 spiro atoms. The zero-order chi connectivity index (χ0) is 9.64. The zero-order valence-electron chi connectivity index (χ0n) is 7.74. The average Bonchev–Trinajstić information content (AvgIpc) is 2.24. The van der Waals surface area contributed by atoms with Gasteiger partial charge in [-0.25, -0.2) is 0 Å². The molecule has 2 rings (SSSR count). The highest BCUT2D eigenvalue weighted by Gasteiger charge is 2.41. The van der Waals surface area contributed by atoms with Gasteiger partial charge in [0.1, 0.15) is 0 Å². The van der Waals surface area contributed by atoms with Crippen molar-refractivity contribution in [2.24, 2.45) is 0 Å². The van der Waals surface area contributed by atoms with Crippen LogP contribution in [0.5, 0.6) is 0 Å². The summed E-state index contributed by atoms with van der Waals surface area (Å²) in [4.78, 5) is 0. The number of anilines is 1. The van der Waals surface area contributed by atoms with Gasteiger partial charge in [-0.2, -0.15) is 0 Å². The Hall–Kier alpha value is -0.995. The highest BCUT2D eigenvalue weighted by atomic mass is 16.5. The van der Waals surface area contributed by atoms with Crippen LogP contribution in [0, 0.1) is 0 Å². The van der Waals surface area contributed by atoms with Crippen molar-refractivity contribution in [2.75, 3.05) is 5.73 Å². The molecule has 3 nitrogen and oxygen atoms in total. The monoisotopic (exact) mass is 177 g/mol. The summed E-state index contributed by atoms with van der Waals surface area (Å²) in [5, 5.41) is 9.56. The topological polar surface area (TPSA) is 55.5 Å². The van der Waals surface area contributed by atoms with Crippen molar-refractivity contribution in [3.05, 3.63) is 23.8 Å². The highest BCUT2D eigenvalue weighted by molar-refractivity contribution is 6.62. The van der Waals surface area contributed by atoms with Crippen LogP contribution in [0.4, 0.5) is 5.69 Å². The minimum absolute atomic E-state index is 0.486. The predicted octanol–water partition coefficient (Wildman–Crippen LogP) is 0.222. The molecular formula is C9H12BNO2. The van der Waals surface area contributed by atoms with E-state index in [4.69, 9.17) is 10.4 Å². The number of fused-ring (bicyclic) bond motifs is 1. The van der Waals surface area contributed by atoms with E-state index in [2.05, 4.69) is 0 Å². The largest absolute Gasteiger partial charge is 0.492 e. The van der Waals surface area contributed by atoms with Crippen molar-refractivity contribution in [3.8, 4) is 0 Å². The third-order valence-electron chi connectivity index (χ3n) is 2.40. The number of hydrogen-bond donors (Lipinski definition) is 2. The number of nitrogens with two attached hydrogens (primary N) is 1. The van der Waals surface area contributed by atoms with E-state index in [0.29, 0.717) is 5.69 Å². The van der Waals surface area contributed by atoms with Crippen LogP contribution in [0.1, 0.15) is 19.4 Å². The maximum Gasteiger partial charge on any atom is 0.492 e. The Labute approximate surface area is 77.7 Å². The van der Waals surface area contributed by atoms with E-state index in [1.54, 1.807) is 0 Å². The second-order valence-corrected chi connectivity index (χ2v) is 3.79. The van der Waals surface area contributed by atoms with E-state index in [0.717, 1.165) is 11.0 Å². The molecule has 13 heavy (non-hydrogen) atoms. The van der Waals surface area contributed by atoms with Crippen LogP contribution in [0.15, 0.2) is 18.2 Å². The van der Waals surface area contributed by atoms with Gasteiger partial charge in [0.2, 0.25) is 0 Å². The molecule has 68 valence electrons. The summed E-state index contributed by atoms with van der Waals surface area (Å²) in [6.07, 6.45) is 0. The lowest BCUT2D eigenvalue weighted by Crippen LogP contribution is -2.28. The predicted molar refractivity (Wildman–Crippen MR) is 52.6 cm³/mol. The first-order valence-electron chi connectivity index (χ1n) is 4.27. The van der Waals surface area contributed by atoms with Gasteiger partial charge < -0.3 is 15.4 Å². The number of rotatable bonds is 0. The molecule has 0 saturated carbocycles. The molecule has 0 unspecified atom stereocenters. The summed E-state index contributed by atoms with van der Waals surface area (Å²) in [7, 11) is -0.839. The minimum Gasteiger partial charge on any atom is -0.423 e. The third kappa shape index (κ3) is 1.14. The summed E-state index contributed by atoms with van der Waals surface area (Å²) in [6.45, 7) is 3.80. The van der Waals surface area contributed by atoms with Gasteiger partial charge in [-0.1, -0.05) is 12.1 Å². The molecule has 0 atom stereocenters. The first kappa shape index (κ1) is 8.60. The lowest BCUT2D eigenvalue weighted by atomic mass is 9.78. The molecule has 0 amide bonds. The lowest BCUT2D eigenvalue weighted by molar-refractivity contribution is 0.101. The molecular weight excluding hydrogens is 165 g/mol. The first-order chi connectivity index (χ1) is 6.02. The molecule has 1 heterocycles. The Bertz CT molecular complexity index is 351. The number of hydrogen-bond acceptors (Lipinski definition) is 3. The molecule has 1 aliphatic heterocycles. The number of benzene rings is 1. The lowest BCUT2D eigenvalue weighted by Gasteiger charge is -2.21. The van der Waals surface area contributed by atoms with E-state index in [9.17, 15) is 5.02 Å². The molecule has 0 aromatic heterocycles. The van der Waals surface area contributed by atoms with Gasteiger partial charge in [0.05, 0.1) is 5.60 Å². The summed E-state index contributed by atoms with van der Waals surface area (Å²) in [5.74, 6) is 0. The van der Waals surface area contributed by atoms with Crippen molar-refractivity contribution in [1.29, 1.82) is 0 Å². The van der Waals surface area contributed by atoms with Gasteiger partial charge in [0, 0.05) is 11.3 Å². The molecule has 0 bridgehead atoms. The molecule has 1 aromatic rings. The maximum absolute atomic E-state index is 9.56. The van der Waals surface area contributed by atoms with Gasteiger partial charge in [-0.3, -0.25) is 0 Å². The minimum atomic E-state index is -0.839. The van der Waals surface area contributed by atoms with Gasteiger partial charge >= 0.3 is 7.12 Å². The van der Waals surface area contributed by atoms with Crippen LogP contribution in [-0.2, 0) is 10.3 Å². The normalized spacial score (nSPS) is 18.8. The average molecular weight is 177 g/mol. The molecule has 0 radical (unpaired) electrons. The van der Waals surface area contributed by atoms with E-state index in [1.165, 1.54) is 0 Å². The quantitative estimate of drug-likeness (QED) is 0.440. The standard InChI is InChI=1S/C9H12BNO2/c1-9(2)8-6(10(12)13-9)4-3-5-7(8)11/h3-5,12H,11H2,1-2H3. The number of nitrogen functional groups attached to an aromatic ring is 1.